The molecule has 1 radical (unpaired) electrons. The Labute approximate surface area is 119 Å². The minimum atomic E-state index is 0.505. The molecule has 7 nitrogen and oxygen atoms in total. The van der Waals surface area contributed by atoms with Gasteiger partial charge < -0.3 is 4.98 Å². The van der Waals surface area contributed by atoms with E-state index in [9.17, 15) is 0 Å². The van der Waals surface area contributed by atoms with Gasteiger partial charge in [-0.3, -0.25) is 0 Å². The lowest BCUT2D eigenvalue weighted by Crippen LogP contribution is -1.93. The molecule has 3 heterocycles. The summed E-state index contributed by atoms with van der Waals surface area (Å²) < 4.78 is 0. The van der Waals surface area contributed by atoms with Crippen molar-refractivity contribution in [2.24, 2.45) is 0 Å². The Balaban J connectivity index is 2.03. The summed E-state index contributed by atoms with van der Waals surface area (Å²) in [7, 11) is 0. The van der Waals surface area contributed by atoms with Crippen molar-refractivity contribution in [2.45, 2.75) is 0 Å². The fourth-order valence-corrected chi connectivity index (χ4v) is 2.21. The molecule has 0 unspecified atom stereocenters. The Bertz CT molecular complexity index is 887. The van der Waals surface area contributed by atoms with Crippen LogP contribution in [-0.2, 0) is 0 Å². The van der Waals surface area contributed by atoms with Gasteiger partial charge in [0.15, 0.2) is 11.6 Å². The number of H-pyrrole nitrogens is 1. The highest BCUT2D eigenvalue weighted by Gasteiger charge is 2.15. The number of benzene rings is 1. The summed E-state index contributed by atoms with van der Waals surface area (Å²) in [6.45, 7) is 0. The van der Waals surface area contributed by atoms with Crippen LogP contribution in [0.4, 0.5) is 0 Å². The zero-order valence-corrected chi connectivity index (χ0v) is 10.7. The minimum Gasteiger partial charge on any atom is -0.350 e. The average molecular weight is 274 g/mol. The van der Waals surface area contributed by atoms with Crippen molar-refractivity contribution >= 4 is 10.8 Å². The Morgan fingerprint density at radius 2 is 1.86 bits per heavy atom. The van der Waals surface area contributed by atoms with E-state index in [-0.39, 0.29) is 0 Å². The Morgan fingerprint density at radius 1 is 0.952 bits per heavy atom. The fraction of sp³-hybridized carbons (Fsp3) is 0. The maximum atomic E-state index is 4.23. The van der Waals surface area contributed by atoms with Crippen molar-refractivity contribution in [2.75, 3.05) is 0 Å². The van der Waals surface area contributed by atoms with Gasteiger partial charge in [-0.25, -0.2) is 19.9 Å². The fourth-order valence-electron chi connectivity index (χ4n) is 2.21. The minimum absolute atomic E-state index is 0.505. The van der Waals surface area contributed by atoms with Crippen LogP contribution in [0.25, 0.3) is 33.7 Å². The van der Waals surface area contributed by atoms with Gasteiger partial charge in [-0.05, 0) is 0 Å². The molecule has 1 aromatic carbocycles. The monoisotopic (exact) mass is 274 g/mol. The molecular weight excluding hydrogens is 266 g/mol. The number of aromatic amines is 1. The standard InChI is InChI=1S/C14H8N7/c1-2-9-6-17-12(14-16-4-5-20-21-14)11(9)10(3-1)13-18-7-15-8-19-13/h1-5,7-8,17H. The van der Waals surface area contributed by atoms with E-state index in [0.717, 1.165) is 22.0 Å². The molecule has 0 saturated heterocycles. The normalized spacial score (nSPS) is 10.9. The summed E-state index contributed by atoms with van der Waals surface area (Å²) in [6.07, 6.45) is 9.16. The summed E-state index contributed by atoms with van der Waals surface area (Å²) in [5.41, 5.74) is 1.61. The first-order chi connectivity index (χ1) is 10.4. The molecule has 0 bridgehead atoms. The van der Waals surface area contributed by atoms with Crippen molar-refractivity contribution < 1.29 is 0 Å². The molecule has 0 spiro atoms. The molecule has 4 rings (SSSR count). The number of rotatable bonds is 2. The highest BCUT2D eigenvalue weighted by atomic mass is 15.1. The zero-order valence-electron chi connectivity index (χ0n) is 10.7. The van der Waals surface area contributed by atoms with E-state index in [1.807, 2.05) is 18.2 Å². The highest BCUT2D eigenvalue weighted by molar-refractivity contribution is 6.03. The molecule has 0 amide bonds. The Morgan fingerprint density at radius 3 is 2.67 bits per heavy atom. The van der Waals surface area contributed by atoms with E-state index in [4.69, 9.17) is 0 Å². The average Bonchev–Trinajstić information content (AvgIpc) is 3.00. The number of nitrogens with zero attached hydrogens (tertiary/aromatic N) is 6. The highest BCUT2D eigenvalue weighted by Crippen LogP contribution is 2.32. The Hall–Kier alpha value is -3.22. The van der Waals surface area contributed by atoms with Crippen LogP contribution in [0.3, 0.4) is 0 Å². The van der Waals surface area contributed by atoms with Crippen LogP contribution in [0.2, 0.25) is 0 Å². The van der Waals surface area contributed by atoms with Gasteiger partial charge in [0.05, 0.1) is 18.1 Å². The number of hydrogen-bond acceptors (Lipinski definition) is 6. The van der Waals surface area contributed by atoms with Crippen molar-refractivity contribution in [1.82, 2.24) is 35.1 Å². The molecule has 99 valence electrons. The molecular formula is C14H8N7. The lowest BCUT2D eigenvalue weighted by molar-refractivity contribution is 0.974. The molecule has 21 heavy (non-hydrogen) atoms. The molecule has 0 aliphatic heterocycles. The van der Waals surface area contributed by atoms with Crippen LogP contribution >= 0.6 is 0 Å². The number of nitrogens with one attached hydrogen (secondary N) is 1. The second-order valence-corrected chi connectivity index (χ2v) is 4.28. The maximum Gasteiger partial charge on any atom is 0.198 e. The molecule has 1 N–H and O–H groups in total. The molecule has 0 atom stereocenters. The van der Waals surface area contributed by atoms with Crippen LogP contribution in [0.15, 0.2) is 43.2 Å². The SMILES string of the molecule is [c]1[nH]c(-c2nccnn2)c2c(-c3ncncn3)cccc12. The van der Waals surface area contributed by atoms with Crippen LogP contribution in [-0.4, -0.2) is 35.1 Å². The summed E-state index contributed by atoms with van der Waals surface area (Å²) in [6, 6.07) is 5.83. The lowest BCUT2D eigenvalue weighted by atomic mass is 10.1. The van der Waals surface area contributed by atoms with E-state index in [1.54, 1.807) is 6.20 Å². The van der Waals surface area contributed by atoms with E-state index in [0.29, 0.717) is 11.6 Å². The van der Waals surface area contributed by atoms with Gasteiger partial charge in [0, 0.05) is 22.5 Å². The summed E-state index contributed by atoms with van der Waals surface area (Å²) in [5, 5.41) is 9.73. The first-order valence-electron chi connectivity index (χ1n) is 6.22. The third-order valence-corrected chi connectivity index (χ3v) is 3.08. The van der Waals surface area contributed by atoms with Gasteiger partial charge in [-0.2, -0.15) is 5.10 Å². The maximum absolute atomic E-state index is 4.23. The number of aromatic nitrogens is 7. The first-order valence-corrected chi connectivity index (χ1v) is 6.22. The Kier molecular flexibility index (Phi) is 2.60. The molecule has 7 heteroatoms. The molecule has 0 saturated carbocycles. The van der Waals surface area contributed by atoms with Crippen molar-refractivity contribution in [3.63, 3.8) is 0 Å². The van der Waals surface area contributed by atoms with E-state index >= 15 is 0 Å². The van der Waals surface area contributed by atoms with E-state index in [2.05, 4.69) is 41.3 Å². The summed E-state index contributed by atoms with van der Waals surface area (Å²) in [5.74, 6) is 1.10. The first kappa shape index (κ1) is 11.6. The van der Waals surface area contributed by atoms with Gasteiger partial charge in [0.1, 0.15) is 12.7 Å². The molecule has 3 aromatic heterocycles. The van der Waals surface area contributed by atoms with Crippen LogP contribution in [0.1, 0.15) is 0 Å². The smallest absolute Gasteiger partial charge is 0.198 e. The summed E-state index contributed by atoms with van der Waals surface area (Å²) >= 11 is 0. The molecule has 4 aromatic rings. The zero-order chi connectivity index (χ0) is 14.1. The second kappa shape index (κ2) is 4.71. The van der Waals surface area contributed by atoms with Crippen LogP contribution in [0, 0.1) is 6.20 Å². The van der Waals surface area contributed by atoms with Gasteiger partial charge in [-0.1, -0.05) is 18.2 Å². The van der Waals surface area contributed by atoms with Gasteiger partial charge in [-0.15, -0.1) is 5.10 Å². The van der Waals surface area contributed by atoms with Crippen LogP contribution in [0.5, 0.6) is 0 Å². The predicted octanol–water partition coefficient (Wildman–Crippen LogP) is 1.67. The van der Waals surface area contributed by atoms with E-state index < -0.39 is 0 Å². The number of fused-ring (bicyclic) bond motifs is 1. The van der Waals surface area contributed by atoms with Gasteiger partial charge in [0.25, 0.3) is 0 Å². The van der Waals surface area contributed by atoms with Gasteiger partial charge >= 0.3 is 0 Å². The van der Waals surface area contributed by atoms with Crippen molar-refractivity contribution in [3.8, 4) is 22.9 Å². The quantitative estimate of drug-likeness (QED) is 0.597. The second-order valence-electron chi connectivity index (χ2n) is 4.28. The number of hydrogen-bond donors (Lipinski definition) is 1. The lowest BCUT2D eigenvalue weighted by Gasteiger charge is -2.03. The van der Waals surface area contributed by atoms with Crippen LogP contribution < -0.4 is 0 Å². The largest absolute Gasteiger partial charge is 0.350 e. The van der Waals surface area contributed by atoms with Crippen molar-refractivity contribution in [1.29, 1.82) is 0 Å². The third kappa shape index (κ3) is 1.91. The van der Waals surface area contributed by atoms with E-state index in [1.165, 1.54) is 18.9 Å². The topological polar surface area (TPSA) is 93.1 Å². The predicted molar refractivity (Wildman–Crippen MR) is 74.8 cm³/mol. The summed E-state index contributed by atoms with van der Waals surface area (Å²) in [4.78, 5) is 19.6. The molecule has 0 aliphatic carbocycles. The van der Waals surface area contributed by atoms with Crippen molar-refractivity contribution in [3.05, 3.63) is 49.4 Å². The molecule has 0 fully saturated rings. The molecule has 0 aliphatic rings. The third-order valence-electron chi connectivity index (χ3n) is 3.08. The van der Waals surface area contributed by atoms with Gasteiger partial charge in [0.2, 0.25) is 0 Å².